The van der Waals surface area contributed by atoms with E-state index < -0.39 is 23.6 Å². The van der Waals surface area contributed by atoms with Gasteiger partial charge < -0.3 is 10.6 Å². The van der Waals surface area contributed by atoms with Crippen LogP contribution in [-0.2, 0) is 9.59 Å². The maximum absolute atomic E-state index is 13.4. The lowest BCUT2D eigenvalue weighted by Gasteiger charge is -2.13. The fourth-order valence-corrected chi connectivity index (χ4v) is 2.13. The first-order valence-electron chi connectivity index (χ1n) is 6.78. The third kappa shape index (κ3) is 4.11. The van der Waals surface area contributed by atoms with Gasteiger partial charge in [-0.1, -0.05) is 6.07 Å². The molecular weight excluding hydrogens is 278 g/mol. The van der Waals surface area contributed by atoms with Gasteiger partial charge in [-0.25, -0.2) is 8.78 Å². The first-order valence-corrected chi connectivity index (χ1v) is 6.78. The summed E-state index contributed by atoms with van der Waals surface area (Å²) in [5.74, 6) is -2.27. The van der Waals surface area contributed by atoms with Gasteiger partial charge in [0.2, 0.25) is 11.8 Å². The van der Waals surface area contributed by atoms with Crippen molar-refractivity contribution < 1.29 is 18.4 Å². The van der Waals surface area contributed by atoms with E-state index in [1.54, 1.807) is 0 Å². The van der Waals surface area contributed by atoms with Crippen LogP contribution in [0.15, 0.2) is 24.3 Å². The molecule has 1 heterocycles. The molecule has 1 unspecified atom stereocenters. The number of rotatable bonds is 3. The van der Waals surface area contributed by atoms with Crippen LogP contribution in [0.1, 0.15) is 24.8 Å². The average molecular weight is 294 g/mol. The first-order chi connectivity index (χ1) is 10.1. The van der Waals surface area contributed by atoms with Crippen LogP contribution in [0.25, 0.3) is 6.08 Å². The standard InChI is InChI=1S/C15H16F2N2O2/c16-11-4-3-5-12(17)10(11)7-8-14(20)19-13-6-1-2-9-18-15(13)21/h3-5,7-8,13H,1-2,6,9H2,(H,18,21)(H,19,20)/b8-7+. The highest BCUT2D eigenvalue weighted by atomic mass is 19.1. The molecule has 1 saturated heterocycles. The van der Waals surface area contributed by atoms with Gasteiger partial charge in [0.1, 0.15) is 17.7 Å². The molecule has 2 amide bonds. The molecule has 1 aliphatic rings. The van der Waals surface area contributed by atoms with E-state index in [4.69, 9.17) is 0 Å². The highest BCUT2D eigenvalue weighted by molar-refractivity contribution is 5.95. The number of hydrogen-bond donors (Lipinski definition) is 2. The molecule has 1 aromatic carbocycles. The van der Waals surface area contributed by atoms with E-state index in [0.29, 0.717) is 13.0 Å². The molecular formula is C15H16F2N2O2. The van der Waals surface area contributed by atoms with Gasteiger partial charge in [0.25, 0.3) is 0 Å². The van der Waals surface area contributed by atoms with Crippen molar-refractivity contribution >= 4 is 17.9 Å². The number of halogens is 2. The predicted octanol–water partition coefficient (Wildman–Crippen LogP) is 1.76. The summed E-state index contributed by atoms with van der Waals surface area (Å²) in [5, 5.41) is 5.23. The number of carbonyl (C=O) groups is 2. The highest BCUT2D eigenvalue weighted by Gasteiger charge is 2.21. The van der Waals surface area contributed by atoms with E-state index in [1.165, 1.54) is 6.07 Å². The topological polar surface area (TPSA) is 58.2 Å². The molecule has 4 nitrogen and oxygen atoms in total. The molecule has 0 bridgehead atoms. The van der Waals surface area contributed by atoms with Gasteiger partial charge in [0, 0.05) is 18.2 Å². The van der Waals surface area contributed by atoms with Crippen molar-refractivity contribution in [3.8, 4) is 0 Å². The zero-order valence-electron chi connectivity index (χ0n) is 11.4. The van der Waals surface area contributed by atoms with Crippen molar-refractivity contribution in [2.24, 2.45) is 0 Å². The third-order valence-electron chi connectivity index (χ3n) is 3.25. The van der Waals surface area contributed by atoms with Crippen LogP contribution in [-0.4, -0.2) is 24.4 Å². The Balaban J connectivity index is 2.01. The lowest BCUT2D eigenvalue weighted by atomic mass is 10.1. The summed E-state index contributed by atoms with van der Waals surface area (Å²) in [7, 11) is 0. The summed E-state index contributed by atoms with van der Waals surface area (Å²) < 4.78 is 26.8. The summed E-state index contributed by atoms with van der Waals surface area (Å²) in [6.07, 6.45) is 4.34. The van der Waals surface area contributed by atoms with Gasteiger partial charge in [-0.3, -0.25) is 9.59 Å². The Hall–Kier alpha value is -2.24. The van der Waals surface area contributed by atoms with Crippen LogP contribution in [0.5, 0.6) is 0 Å². The Labute approximate surface area is 121 Å². The maximum atomic E-state index is 13.4. The van der Waals surface area contributed by atoms with E-state index in [0.717, 1.165) is 37.1 Å². The van der Waals surface area contributed by atoms with Crippen LogP contribution < -0.4 is 10.6 Å². The van der Waals surface area contributed by atoms with Crippen LogP contribution in [0, 0.1) is 11.6 Å². The molecule has 0 aliphatic carbocycles. The number of carbonyl (C=O) groups excluding carboxylic acids is 2. The minimum atomic E-state index is -0.744. The molecule has 0 spiro atoms. The van der Waals surface area contributed by atoms with Gasteiger partial charge in [-0.15, -0.1) is 0 Å². The van der Waals surface area contributed by atoms with Crippen molar-refractivity contribution in [3.63, 3.8) is 0 Å². The van der Waals surface area contributed by atoms with E-state index in [1.807, 2.05) is 0 Å². The van der Waals surface area contributed by atoms with Crippen LogP contribution in [0.3, 0.4) is 0 Å². The molecule has 1 atom stereocenters. The molecule has 2 rings (SSSR count). The monoisotopic (exact) mass is 294 g/mol. The molecule has 1 aliphatic heterocycles. The smallest absolute Gasteiger partial charge is 0.244 e. The minimum absolute atomic E-state index is 0.230. The van der Waals surface area contributed by atoms with Crippen molar-refractivity contribution in [1.29, 1.82) is 0 Å². The van der Waals surface area contributed by atoms with Crippen LogP contribution >= 0.6 is 0 Å². The fraction of sp³-hybridized carbons (Fsp3) is 0.333. The quantitative estimate of drug-likeness (QED) is 0.835. The molecule has 0 saturated carbocycles. The minimum Gasteiger partial charge on any atom is -0.354 e. The van der Waals surface area contributed by atoms with Crippen molar-refractivity contribution in [2.75, 3.05) is 6.54 Å². The van der Waals surface area contributed by atoms with E-state index in [9.17, 15) is 18.4 Å². The summed E-state index contributed by atoms with van der Waals surface area (Å²) in [4.78, 5) is 23.4. The second kappa shape index (κ2) is 6.97. The lowest BCUT2D eigenvalue weighted by molar-refractivity contribution is -0.126. The number of nitrogens with one attached hydrogen (secondary N) is 2. The number of hydrogen-bond acceptors (Lipinski definition) is 2. The second-order valence-electron chi connectivity index (χ2n) is 4.82. The fourth-order valence-electron chi connectivity index (χ4n) is 2.13. The summed E-state index contributed by atoms with van der Waals surface area (Å²) in [6.45, 7) is 0.599. The zero-order valence-corrected chi connectivity index (χ0v) is 11.4. The molecule has 21 heavy (non-hydrogen) atoms. The zero-order chi connectivity index (χ0) is 15.2. The molecule has 0 radical (unpaired) electrons. The maximum Gasteiger partial charge on any atom is 0.244 e. The Morgan fingerprint density at radius 1 is 1.29 bits per heavy atom. The molecule has 1 fully saturated rings. The van der Waals surface area contributed by atoms with Gasteiger partial charge in [0.05, 0.1) is 0 Å². The third-order valence-corrected chi connectivity index (χ3v) is 3.25. The molecule has 0 aromatic heterocycles. The Bertz CT molecular complexity index is 553. The van der Waals surface area contributed by atoms with Gasteiger partial charge in [-0.2, -0.15) is 0 Å². The number of amides is 2. The molecule has 112 valence electrons. The van der Waals surface area contributed by atoms with Crippen LogP contribution in [0.4, 0.5) is 8.78 Å². The summed E-state index contributed by atoms with van der Waals surface area (Å²) in [5.41, 5.74) is -0.280. The SMILES string of the molecule is O=C(/C=C/c1c(F)cccc1F)NC1CCCCNC1=O. The van der Waals surface area contributed by atoms with Gasteiger partial charge in [-0.05, 0) is 37.5 Å². The Morgan fingerprint density at radius 2 is 2.00 bits per heavy atom. The Morgan fingerprint density at radius 3 is 2.71 bits per heavy atom. The first kappa shape index (κ1) is 15.2. The van der Waals surface area contributed by atoms with E-state index in [2.05, 4.69) is 10.6 Å². The van der Waals surface area contributed by atoms with E-state index in [-0.39, 0.29) is 11.5 Å². The van der Waals surface area contributed by atoms with Gasteiger partial charge in [0.15, 0.2) is 0 Å². The summed E-state index contributed by atoms with van der Waals surface area (Å²) >= 11 is 0. The van der Waals surface area contributed by atoms with Crippen molar-refractivity contribution in [2.45, 2.75) is 25.3 Å². The predicted molar refractivity (Wildman–Crippen MR) is 74.2 cm³/mol. The molecule has 1 aromatic rings. The molecule has 2 N–H and O–H groups in total. The normalized spacial score (nSPS) is 19.1. The van der Waals surface area contributed by atoms with Crippen molar-refractivity contribution in [1.82, 2.24) is 10.6 Å². The summed E-state index contributed by atoms with van der Waals surface area (Å²) in [6, 6.07) is 2.87. The second-order valence-corrected chi connectivity index (χ2v) is 4.82. The lowest BCUT2D eigenvalue weighted by Crippen LogP contribution is -2.44. The highest BCUT2D eigenvalue weighted by Crippen LogP contribution is 2.13. The van der Waals surface area contributed by atoms with E-state index >= 15 is 0 Å². The Kier molecular flexibility index (Phi) is 5.03. The van der Waals surface area contributed by atoms with Crippen LogP contribution in [0.2, 0.25) is 0 Å². The van der Waals surface area contributed by atoms with Gasteiger partial charge >= 0.3 is 0 Å². The average Bonchev–Trinajstić information content (AvgIpc) is 2.64. The van der Waals surface area contributed by atoms with Crippen molar-refractivity contribution in [3.05, 3.63) is 41.5 Å². The molecule has 6 heteroatoms. The number of benzene rings is 1. The largest absolute Gasteiger partial charge is 0.354 e.